The molecule has 1 saturated heterocycles. The number of carbonyl (C=O) groups excluding carboxylic acids is 1. The Morgan fingerprint density at radius 2 is 2.00 bits per heavy atom. The number of fused-ring (bicyclic) bond motifs is 1. The fraction of sp³-hybridized carbons (Fsp3) is 0.389. The minimum Gasteiger partial charge on any atom is -0.467 e. The molecular formula is C18H18FN3O2S2. The average molecular weight is 391 g/mol. The molecule has 0 aliphatic carbocycles. The number of amides is 1. The molecule has 3 heterocycles. The highest BCUT2D eigenvalue weighted by Gasteiger charge is 2.27. The van der Waals surface area contributed by atoms with Crippen LogP contribution in [0.25, 0.3) is 10.2 Å². The van der Waals surface area contributed by atoms with Gasteiger partial charge in [-0.1, -0.05) is 11.3 Å². The molecule has 4 rings (SSSR count). The number of carbonyl (C=O) groups is 1. The topological polar surface area (TPSA) is 55.3 Å². The number of thiazole rings is 2. The van der Waals surface area contributed by atoms with E-state index in [4.69, 9.17) is 4.74 Å². The van der Waals surface area contributed by atoms with E-state index >= 15 is 0 Å². The molecule has 0 radical (unpaired) electrons. The SMILES string of the molecule is Cc1nc(C)c(C(=O)N2CCC(Oc3nc4ccc(F)cc4s3)CC2)s1. The van der Waals surface area contributed by atoms with Crippen molar-refractivity contribution in [2.75, 3.05) is 13.1 Å². The first-order valence-corrected chi connectivity index (χ1v) is 10.1. The largest absolute Gasteiger partial charge is 0.467 e. The van der Waals surface area contributed by atoms with E-state index in [1.165, 1.54) is 34.8 Å². The van der Waals surface area contributed by atoms with Gasteiger partial charge in [0.25, 0.3) is 11.1 Å². The lowest BCUT2D eigenvalue weighted by molar-refractivity contribution is 0.0599. The molecule has 136 valence electrons. The first-order valence-electron chi connectivity index (χ1n) is 8.45. The van der Waals surface area contributed by atoms with Gasteiger partial charge in [-0.05, 0) is 32.0 Å². The Labute approximate surface area is 158 Å². The number of hydrogen-bond donors (Lipinski definition) is 0. The maximum Gasteiger partial charge on any atom is 0.274 e. The third-order valence-corrected chi connectivity index (χ3v) is 6.40. The zero-order valence-corrected chi connectivity index (χ0v) is 16.1. The summed E-state index contributed by atoms with van der Waals surface area (Å²) in [5, 5.41) is 1.47. The van der Waals surface area contributed by atoms with Gasteiger partial charge in [0.1, 0.15) is 16.8 Å². The molecule has 0 unspecified atom stereocenters. The predicted molar refractivity (Wildman–Crippen MR) is 101 cm³/mol. The number of aryl methyl sites for hydroxylation is 2. The number of hydrogen-bond acceptors (Lipinski definition) is 6. The van der Waals surface area contributed by atoms with E-state index in [0.717, 1.165) is 38.6 Å². The second kappa shape index (κ2) is 6.92. The number of nitrogens with zero attached hydrogens (tertiary/aromatic N) is 3. The van der Waals surface area contributed by atoms with Crippen LogP contribution in [-0.4, -0.2) is 40.0 Å². The molecule has 8 heteroatoms. The fourth-order valence-corrected chi connectivity index (χ4v) is 4.91. The highest BCUT2D eigenvalue weighted by Crippen LogP contribution is 2.30. The van der Waals surface area contributed by atoms with Gasteiger partial charge >= 0.3 is 0 Å². The van der Waals surface area contributed by atoms with Crippen molar-refractivity contribution in [3.05, 3.63) is 39.6 Å². The molecular weight excluding hydrogens is 373 g/mol. The van der Waals surface area contributed by atoms with E-state index in [1.54, 1.807) is 6.07 Å². The Balaban J connectivity index is 1.38. The van der Waals surface area contributed by atoms with Crippen LogP contribution in [0.3, 0.4) is 0 Å². The molecule has 1 aromatic carbocycles. The number of likely N-dealkylation sites (tertiary alicyclic amines) is 1. The fourth-order valence-electron chi connectivity index (χ4n) is 3.12. The van der Waals surface area contributed by atoms with E-state index in [9.17, 15) is 9.18 Å². The van der Waals surface area contributed by atoms with Crippen LogP contribution in [0, 0.1) is 19.7 Å². The molecule has 0 saturated carbocycles. The van der Waals surface area contributed by atoms with Gasteiger partial charge < -0.3 is 9.64 Å². The van der Waals surface area contributed by atoms with Crippen LogP contribution in [-0.2, 0) is 0 Å². The van der Waals surface area contributed by atoms with Gasteiger partial charge in [0, 0.05) is 25.9 Å². The Hall–Kier alpha value is -2.06. The zero-order valence-electron chi connectivity index (χ0n) is 14.5. The minimum absolute atomic E-state index is 0.0220. The molecule has 0 spiro atoms. The first-order chi connectivity index (χ1) is 12.5. The van der Waals surface area contributed by atoms with E-state index in [-0.39, 0.29) is 17.8 Å². The molecule has 1 aliphatic rings. The van der Waals surface area contributed by atoms with Crippen molar-refractivity contribution in [1.29, 1.82) is 0 Å². The Kier molecular flexibility index (Phi) is 4.62. The number of rotatable bonds is 3. The van der Waals surface area contributed by atoms with Crippen LogP contribution >= 0.6 is 22.7 Å². The van der Waals surface area contributed by atoms with E-state index in [2.05, 4.69) is 9.97 Å². The van der Waals surface area contributed by atoms with Crippen LogP contribution in [0.5, 0.6) is 5.19 Å². The smallest absolute Gasteiger partial charge is 0.274 e. The van der Waals surface area contributed by atoms with Crippen molar-refractivity contribution in [1.82, 2.24) is 14.9 Å². The third kappa shape index (κ3) is 3.43. The molecule has 1 fully saturated rings. The van der Waals surface area contributed by atoms with Crippen LogP contribution in [0.2, 0.25) is 0 Å². The minimum atomic E-state index is -0.270. The lowest BCUT2D eigenvalue weighted by Crippen LogP contribution is -2.41. The second-order valence-electron chi connectivity index (χ2n) is 6.35. The van der Waals surface area contributed by atoms with Crippen LogP contribution in [0.15, 0.2) is 18.2 Å². The Bertz CT molecular complexity index is 961. The maximum absolute atomic E-state index is 13.3. The average Bonchev–Trinajstić information content (AvgIpc) is 3.16. The molecule has 0 bridgehead atoms. The van der Waals surface area contributed by atoms with Crippen LogP contribution in [0.4, 0.5) is 4.39 Å². The summed E-state index contributed by atoms with van der Waals surface area (Å²) in [7, 11) is 0. The number of benzene rings is 1. The highest BCUT2D eigenvalue weighted by atomic mass is 32.1. The number of halogens is 1. The van der Waals surface area contributed by atoms with Gasteiger partial charge in [-0.2, -0.15) is 0 Å². The lowest BCUT2D eigenvalue weighted by Gasteiger charge is -2.31. The van der Waals surface area contributed by atoms with E-state index in [1.807, 2.05) is 18.7 Å². The highest BCUT2D eigenvalue weighted by molar-refractivity contribution is 7.20. The van der Waals surface area contributed by atoms with Crippen molar-refractivity contribution >= 4 is 38.8 Å². The van der Waals surface area contributed by atoms with Crippen molar-refractivity contribution < 1.29 is 13.9 Å². The van der Waals surface area contributed by atoms with Crippen LogP contribution in [0.1, 0.15) is 33.2 Å². The van der Waals surface area contributed by atoms with Gasteiger partial charge in [-0.3, -0.25) is 4.79 Å². The number of aromatic nitrogens is 2. The Morgan fingerprint density at radius 3 is 2.69 bits per heavy atom. The molecule has 0 atom stereocenters. The zero-order chi connectivity index (χ0) is 18.3. The summed E-state index contributed by atoms with van der Waals surface area (Å²) in [6.07, 6.45) is 1.54. The lowest BCUT2D eigenvalue weighted by atomic mass is 10.1. The molecule has 2 aromatic heterocycles. The third-order valence-electron chi connectivity index (χ3n) is 4.43. The molecule has 0 N–H and O–H groups in total. The molecule has 1 aliphatic heterocycles. The van der Waals surface area contributed by atoms with Crippen LogP contribution < -0.4 is 4.74 Å². The maximum atomic E-state index is 13.3. The molecule has 1 amide bonds. The summed E-state index contributed by atoms with van der Waals surface area (Å²) in [6.45, 7) is 5.10. The van der Waals surface area contributed by atoms with Crippen molar-refractivity contribution in [3.63, 3.8) is 0 Å². The van der Waals surface area contributed by atoms with Gasteiger partial charge in [-0.25, -0.2) is 14.4 Å². The predicted octanol–water partition coefficient (Wildman–Crippen LogP) is 4.19. The van der Waals surface area contributed by atoms with Gasteiger partial charge in [0.2, 0.25) is 0 Å². The van der Waals surface area contributed by atoms with E-state index in [0.29, 0.717) is 18.3 Å². The standard InChI is InChI=1S/C18H18FN3O2S2/c1-10-16(25-11(2)20-10)17(23)22-7-5-13(6-8-22)24-18-21-14-4-3-12(19)9-15(14)26-18/h3-4,9,13H,5-8H2,1-2H3. The first kappa shape index (κ1) is 17.4. The summed E-state index contributed by atoms with van der Waals surface area (Å²) in [5.74, 6) is -0.213. The van der Waals surface area contributed by atoms with Crippen molar-refractivity contribution in [2.24, 2.45) is 0 Å². The summed E-state index contributed by atoms with van der Waals surface area (Å²) in [5.41, 5.74) is 1.55. The van der Waals surface area contributed by atoms with Crippen molar-refractivity contribution in [2.45, 2.75) is 32.8 Å². The van der Waals surface area contributed by atoms with Gasteiger partial charge in [0.15, 0.2) is 0 Å². The van der Waals surface area contributed by atoms with E-state index < -0.39 is 0 Å². The molecule has 26 heavy (non-hydrogen) atoms. The normalized spacial score (nSPS) is 15.6. The molecule has 5 nitrogen and oxygen atoms in total. The second-order valence-corrected chi connectivity index (χ2v) is 8.55. The Morgan fingerprint density at radius 1 is 1.23 bits per heavy atom. The number of piperidine rings is 1. The van der Waals surface area contributed by atoms with Crippen molar-refractivity contribution in [3.8, 4) is 5.19 Å². The number of ether oxygens (including phenoxy) is 1. The summed E-state index contributed by atoms with van der Waals surface area (Å²) >= 11 is 2.80. The van der Waals surface area contributed by atoms with Gasteiger partial charge in [-0.15, -0.1) is 11.3 Å². The monoisotopic (exact) mass is 391 g/mol. The van der Waals surface area contributed by atoms with Gasteiger partial charge in [0.05, 0.1) is 20.9 Å². The molecule has 3 aromatic rings. The summed E-state index contributed by atoms with van der Waals surface area (Å²) in [6, 6.07) is 4.54. The summed E-state index contributed by atoms with van der Waals surface area (Å²) < 4.78 is 20.1. The quantitative estimate of drug-likeness (QED) is 0.672. The summed E-state index contributed by atoms with van der Waals surface area (Å²) in [4.78, 5) is 24.0.